The molecular formula is C20H23NO3. The summed E-state index contributed by atoms with van der Waals surface area (Å²) in [6.07, 6.45) is 8.03. The van der Waals surface area contributed by atoms with Gasteiger partial charge < -0.3 is 10.0 Å². The minimum Gasteiger partial charge on any atom is -0.478 e. The van der Waals surface area contributed by atoms with Gasteiger partial charge in [-0.3, -0.25) is 4.79 Å². The minimum atomic E-state index is -1.03. The summed E-state index contributed by atoms with van der Waals surface area (Å²) < 4.78 is 0. The summed E-state index contributed by atoms with van der Waals surface area (Å²) >= 11 is 0. The molecule has 2 aliphatic rings. The fourth-order valence-corrected chi connectivity index (χ4v) is 3.70. The summed E-state index contributed by atoms with van der Waals surface area (Å²) in [6, 6.07) is 9.28. The van der Waals surface area contributed by atoms with Crippen molar-refractivity contribution in [2.24, 2.45) is 17.8 Å². The van der Waals surface area contributed by atoms with Gasteiger partial charge in [-0.25, -0.2) is 4.79 Å². The first-order valence-corrected chi connectivity index (χ1v) is 8.50. The Morgan fingerprint density at radius 2 is 1.71 bits per heavy atom. The van der Waals surface area contributed by atoms with Crippen LogP contribution in [0.5, 0.6) is 0 Å². The first-order chi connectivity index (χ1) is 11.6. The van der Waals surface area contributed by atoms with Crippen molar-refractivity contribution in [1.29, 1.82) is 0 Å². The zero-order valence-electron chi connectivity index (χ0n) is 13.9. The molecule has 1 aliphatic carbocycles. The van der Waals surface area contributed by atoms with Crippen LogP contribution in [0.3, 0.4) is 0 Å². The van der Waals surface area contributed by atoms with Gasteiger partial charge in [0.05, 0.1) is 5.92 Å². The number of carboxylic acids is 1. The van der Waals surface area contributed by atoms with E-state index < -0.39 is 11.9 Å². The Balaban J connectivity index is 1.76. The van der Waals surface area contributed by atoms with Gasteiger partial charge in [0.15, 0.2) is 0 Å². The van der Waals surface area contributed by atoms with Gasteiger partial charge in [0.25, 0.3) is 0 Å². The predicted molar refractivity (Wildman–Crippen MR) is 93.2 cm³/mol. The molecule has 3 atom stereocenters. The number of fused-ring (bicyclic) bond motifs is 1. The van der Waals surface area contributed by atoms with Crippen LogP contribution < -0.4 is 0 Å². The predicted octanol–water partition coefficient (Wildman–Crippen LogP) is 3.22. The van der Waals surface area contributed by atoms with Crippen LogP contribution in [0.25, 0.3) is 6.08 Å². The van der Waals surface area contributed by atoms with Crippen LogP contribution in [0, 0.1) is 17.8 Å². The Hall–Kier alpha value is -2.36. The lowest BCUT2D eigenvalue weighted by atomic mass is 9.86. The van der Waals surface area contributed by atoms with Crippen LogP contribution in [-0.2, 0) is 9.59 Å². The van der Waals surface area contributed by atoms with E-state index in [1.807, 2.05) is 35.2 Å². The number of amides is 1. The molecule has 1 aliphatic heterocycles. The molecule has 4 heteroatoms. The van der Waals surface area contributed by atoms with Crippen LogP contribution in [0.2, 0.25) is 0 Å². The summed E-state index contributed by atoms with van der Waals surface area (Å²) in [6.45, 7) is 3.19. The topological polar surface area (TPSA) is 57.6 Å². The van der Waals surface area contributed by atoms with Crippen molar-refractivity contribution >= 4 is 18.0 Å². The van der Waals surface area contributed by atoms with E-state index in [4.69, 9.17) is 0 Å². The molecule has 0 radical (unpaired) electrons. The van der Waals surface area contributed by atoms with Gasteiger partial charge in [0.2, 0.25) is 5.91 Å². The van der Waals surface area contributed by atoms with Crippen molar-refractivity contribution in [3.05, 3.63) is 53.6 Å². The number of aliphatic carboxylic acids is 1. The van der Waals surface area contributed by atoms with E-state index in [0.717, 1.165) is 31.5 Å². The molecule has 1 saturated heterocycles. The SMILES string of the molecule is CC(C(=O)N1C[C@H]2CC=CC[C@H]2C1)C(=Cc1ccccc1)C(=O)O. The maximum Gasteiger partial charge on any atom is 0.332 e. The average Bonchev–Trinajstić information content (AvgIpc) is 3.03. The molecule has 1 N–H and O–H groups in total. The Labute approximate surface area is 142 Å². The highest BCUT2D eigenvalue weighted by molar-refractivity contribution is 5.99. The number of nitrogens with zero attached hydrogens (tertiary/aromatic N) is 1. The first-order valence-electron chi connectivity index (χ1n) is 8.50. The number of hydrogen-bond acceptors (Lipinski definition) is 2. The highest BCUT2D eigenvalue weighted by Gasteiger charge is 2.37. The standard InChI is InChI=1S/C20H23NO3/c1-14(18(20(23)24)11-15-7-3-2-4-8-15)19(22)21-12-16-9-5-6-10-17(16)13-21/h2-8,11,14,16-17H,9-10,12-13H2,1H3,(H,23,24)/t14?,16-,17+. The number of allylic oxidation sites excluding steroid dienone is 2. The molecule has 1 unspecified atom stereocenters. The van der Waals surface area contributed by atoms with Crippen LogP contribution in [0.15, 0.2) is 48.1 Å². The summed E-state index contributed by atoms with van der Waals surface area (Å²) in [5.74, 6) is -0.696. The Kier molecular flexibility index (Phi) is 4.84. The monoisotopic (exact) mass is 325 g/mol. The van der Waals surface area contributed by atoms with Crippen molar-refractivity contribution in [1.82, 2.24) is 4.90 Å². The van der Waals surface area contributed by atoms with Crippen molar-refractivity contribution in [2.45, 2.75) is 19.8 Å². The smallest absolute Gasteiger partial charge is 0.332 e. The van der Waals surface area contributed by atoms with E-state index in [2.05, 4.69) is 12.2 Å². The minimum absolute atomic E-state index is 0.0750. The maximum atomic E-state index is 12.8. The molecule has 0 aromatic heterocycles. The highest BCUT2D eigenvalue weighted by atomic mass is 16.4. The van der Waals surface area contributed by atoms with Crippen LogP contribution in [0.4, 0.5) is 0 Å². The number of carbonyl (C=O) groups excluding carboxylic acids is 1. The average molecular weight is 325 g/mol. The van der Waals surface area contributed by atoms with Gasteiger partial charge in [0.1, 0.15) is 0 Å². The van der Waals surface area contributed by atoms with E-state index in [-0.39, 0.29) is 11.5 Å². The molecule has 24 heavy (non-hydrogen) atoms. The zero-order valence-corrected chi connectivity index (χ0v) is 13.9. The van der Waals surface area contributed by atoms with Gasteiger partial charge in [-0.2, -0.15) is 0 Å². The zero-order chi connectivity index (χ0) is 17.1. The van der Waals surface area contributed by atoms with Crippen LogP contribution >= 0.6 is 0 Å². The number of hydrogen-bond donors (Lipinski definition) is 1. The van der Waals surface area contributed by atoms with Crippen molar-refractivity contribution < 1.29 is 14.7 Å². The van der Waals surface area contributed by atoms with Crippen molar-refractivity contribution in [3.63, 3.8) is 0 Å². The van der Waals surface area contributed by atoms with Gasteiger partial charge in [-0.1, -0.05) is 42.5 Å². The van der Waals surface area contributed by atoms with Gasteiger partial charge >= 0.3 is 5.97 Å². The van der Waals surface area contributed by atoms with E-state index >= 15 is 0 Å². The summed E-state index contributed by atoms with van der Waals surface area (Å²) in [7, 11) is 0. The second kappa shape index (κ2) is 7.04. The highest BCUT2D eigenvalue weighted by Crippen LogP contribution is 2.34. The number of rotatable bonds is 4. The molecular weight excluding hydrogens is 302 g/mol. The van der Waals surface area contributed by atoms with Gasteiger partial charge in [0, 0.05) is 18.7 Å². The number of benzene rings is 1. The molecule has 4 nitrogen and oxygen atoms in total. The molecule has 0 spiro atoms. The van der Waals surface area contributed by atoms with Crippen LogP contribution in [0.1, 0.15) is 25.3 Å². The second-order valence-electron chi connectivity index (χ2n) is 6.74. The fraction of sp³-hybridized carbons (Fsp3) is 0.400. The third-order valence-electron chi connectivity index (χ3n) is 5.14. The van der Waals surface area contributed by atoms with E-state index in [1.54, 1.807) is 13.0 Å². The number of carbonyl (C=O) groups is 2. The molecule has 1 amide bonds. The summed E-state index contributed by atoms with van der Waals surface area (Å²) in [4.78, 5) is 26.3. The van der Waals surface area contributed by atoms with Gasteiger partial charge in [-0.05, 0) is 43.2 Å². The molecule has 0 bridgehead atoms. The van der Waals surface area contributed by atoms with Gasteiger partial charge in [-0.15, -0.1) is 0 Å². The van der Waals surface area contributed by atoms with E-state index in [0.29, 0.717) is 11.8 Å². The van der Waals surface area contributed by atoms with E-state index in [9.17, 15) is 14.7 Å². The molecule has 1 aromatic carbocycles. The number of likely N-dealkylation sites (tertiary alicyclic amines) is 1. The lowest BCUT2D eigenvalue weighted by Crippen LogP contribution is -2.35. The Morgan fingerprint density at radius 3 is 2.25 bits per heavy atom. The molecule has 1 aromatic rings. The maximum absolute atomic E-state index is 12.8. The summed E-state index contributed by atoms with van der Waals surface area (Å²) in [5, 5.41) is 9.55. The van der Waals surface area contributed by atoms with E-state index in [1.165, 1.54) is 0 Å². The number of carboxylic acid groups (broad SMARTS) is 1. The third kappa shape index (κ3) is 3.42. The van der Waals surface area contributed by atoms with Crippen molar-refractivity contribution in [2.75, 3.05) is 13.1 Å². The molecule has 1 heterocycles. The molecule has 1 fully saturated rings. The summed E-state index contributed by atoms with van der Waals surface area (Å²) in [5.41, 5.74) is 0.952. The Morgan fingerprint density at radius 1 is 1.12 bits per heavy atom. The normalized spacial score (nSPS) is 24.5. The molecule has 126 valence electrons. The van der Waals surface area contributed by atoms with Crippen molar-refractivity contribution in [3.8, 4) is 0 Å². The fourth-order valence-electron chi connectivity index (χ4n) is 3.70. The van der Waals surface area contributed by atoms with Crippen LogP contribution in [-0.4, -0.2) is 35.0 Å². The first kappa shape index (κ1) is 16.5. The lowest BCUT2D eigenvalue weighted by Gasteiger charge is -2.21. The Bertz CT molecular complexity index is 661. The largest absolute Gasteiger partial charge is 0.478 e. The quantitative estimate of drug-likeness (QED) is 0.683. The molecule has 0 saturated carbocycles. The lowest BCUT2D eigenvalue weighted by molar-refractivity contribution is -0.138. The second-order valence-corrected chi connectivity index (χ2v) is 6.74. The third-order valence-corrected chi connectivity index (χ3v) is 5.14. The molecule has 3 rings (SSSR count).